The van der Waals surface area contributed by atoms with Crippen molar-refractivity contribution in [2.24, 2.45) is 5.92 Å². The van der Waals surface area contributed by atoms with E-state index >= 15 is 0 Å². The van der Waals surface area contributed by atoms with Crippen molar-refractivity contribution >= 4 is 5.91 Å². The van der Waals surface area contributed by atoms with E-state index in [1.165, 1.54) is 18.4 Å². The summed E-state index contributed by atoms with van der Waals surface area (Å²) in [6.07, 6.45) is 4.60. The first-order valence-electron chi connectivity index (χ1n) is 7.57. The molecule has 3 heteroatoms. The summed E-state index contributed by atoms with van der Waals surface area (Å²) >= 11 is 0. The Labute approximate surface area is 121 Å². The zero-order valence-corrected chi connectivity index (χ0v) is 12.5. The van der Waals surface area contributed by atoms with Gasteiger partial charge in [-0.15, -0.1) is 0 Å². The Hall–Kier alpha value is -1.35. The molecular weight excluding hydrogens is 250 g/mol. The van der Waals surface area contributed by atoms with E-state index < -0.39 is 0 Å². The van der Waals surface area contributed by atoms with Gasteiger partial charge in [0.1, 0.15) is 0 Å². The van der Waals surface area contributed by atoms with Gasteiger partial charge in [0.15, 0.2) is 0 Å². The lowest BCUT2D eigenvalue weighted by molar-refractivity contribution is -0.121. The van der Waals surface area contributed by atoms with Crippen molar-refractivity contribution in [1.82, 2.24) is 5.32 Å². The first kappa shape index (κ1) is 15.0. The van der Waals surface area contributed by atoms with Gasteiger partial charge >= 0.3 is 0 Å². The van der Waals surface area contributed by atoms with E-state index in [0.717, 1.165) is 24.0 Å². The van der Waals surface area contributed by atoms with Crippen LogP contribution in [0.3, 0.4) is 0 Å². The van der Waals surface area contributed by atoms with Crippen LogP contribution in [0.15, 0.2) is 18.2 Å². The molecule has 110 valence electrons. The second-order valence-corrected chi connectivity index (χ2v) is 6.02. The van der Waals surface area contributed by atoms with Crippen molar-refractivity contribution in [3.8, 4) is 0 Å². The fourth-order valence-electron chi connectivity index (χ4n) is 2.95. The Morgan fingerprint density at radius 3 is 2.75 bits per heavy atom. The molecule has 3 nitrogen and oxygen atoms in total. The van der Waals surface area contributed by atoms with E-state index in [9.17, 15) is 9.90 Å². The predicted molar refractivity (Wildman–Crippen MR) is 80.6 cm³/mol. The topological polar surface area (TPSA) is 49.3 Å². The van der Waals surface area contributed by atoms with E-state index in [2.05, 4.69) is 17.4 Å². The van der Waals surface area contributed by atoms with Gasteiger partial charge < -0.3 is 10.4 Å². The second kappa shape index (κ2) is 6.89. The summed E-state index contributed by atoms with van der Waals surface area (Å²) in [7, 11) is 0. The molecule has 1 aliphatic rings. The summed E-state index contributed by atoms with van der Waals surface area (Å²) in [6.45, 7) is 4.44. The van der Waals surface area contributed by atoms with E-state index in [4.69, 9.17) is 0 Å². The summed E-state index contributed by atoms with van der Waals surface area (Å²) in [5, 5.41) is 12.9. The van der Waals surface area contributed by atoms with Crippen molar-refractivity contribution < 1.29 is 9.90 Å². The van der Waals surface area contributed by atoms with Gasteiger partial charge in [0.05, 0.1) is 12.5 Å². The molecule has 0 aromatic heterocycles. The van der Waals surface area contributed by atoms with Crippen LogP contribution in [-0.2, 0) is 11.2 Å². The normalized spacial score (nSPS) is 17.1. The van der Waals surface area contributed by atoms with E-state index in [1.807, 2.05) is 19.9 Å². The molecule has 0 spiro atoms. The lowest BCUT2D eigenvalue weighted by Crippen LogP contribution is -2.36. The minimum atomic E-state index is -0.389. The summed E-state index contributed by atoms with van der Waals surface area (Å²) in [6, 6.07) is 6.16. The highest BCUT2D eigenvalue weighted by Gasteiger charge is 2.23. The number of carbonyl (C=O) groups excluding carboxylic acids is 1. The molecule has 0 saturated heterocycles. The van der Waals surface area contributed by atoms with Crippen molar-refractivity contribution in [3.63, 3.8) is 0 Å². The molecule has 20 heavy (non-hydrogen) atoms. The number of amides is 1. The van der Waals surface area contributed by atoms with E-state index in [1.54, 1.807) is 0 Å². The van der Waals surface area contributed by atoms with Crippen LogP contribution >= 0.6 is 0 Å². The highest BCUT2D eigenvalue weighted by molar-refractivity contribution is 5.79. The summed E-state index contributed by atoms with van der Waals surface area (Å²) in [4.78, 5) is 12.0. The highest BCUT2D eigenvalue weighted by Crippen LogP contribution is 2.27. The number of aliphatic hydroxyl groups excluding tert-OH is 1. The van der Waals surface area contributed by atoms with Crippen LogP contribution in [0, 0.1) is 19.8 Å². The number of benzene rings is 1. The molecule has 0 radical (unpaired) electrons. The van der Waals surface area contributed by atoms with Crippen LogP contribution in [0.2, 0.25) is 0 Å². The van der Waals surface area contributed by atoms with Crippen LogP contribution in [0.4, 0.5) is 0 Å². The van der Waals surface area contributed by atoms with Crippen molar-refractivity contribution in [3.05, 3.63) is 34.9 Å². The highest BCUT2D eigenvalue weighted by atomic mass is 16.3. The number of hydrogen-bond donors (Lipinski definition) is 2. The van der Waals surface area contributed by atoms with Gasteiger partial charge in [0.25, 0.3) is 0 Å². The van der Waals surface area contributed by atoms with Gasteiger partial charge in [-0.1, -0.05) is 36.6 Å². The van der Waals surface area contributed by atoms with Gasteiger partial charge in [0, 0.05) is 6.54 Å². The number of hydrogen-bond acceptors (Lipinski definition) is 2. The number of aliphatic hydroxyl groups is 1. The first-order valence-corrected chi connectivity index (χ1v) is 7.57. The Kier molecular flexibility index (Phi) is 5.18. The Morgan fingerprint density at radius 1 is 1.35 bits per heavy atom. The first-order chi connectivity index (χ1) is 9.56. The largest absolute Gasteiger partial charge is 0.391 e. The number of rotatable bonds is 5. The molecule has 2 rings (SSSR count). The van der Waals surface area contributed by atoms with Gasteiger partial charge in [-0.2, -0.15) is 0 Å². The Bertz CT molecular complexity index is 464. The minimum absolute atomic E-state index is 0.00394. The van der Waals surface area contributed by atoms with Crippen LogP contribution in [0.5, 0.6) is 0 Å². The third-order valence-electron chi connectivity index (χ3n) is 4.31. The maximum absolute atomic E-state index is 12.0. The third-order valence-corrected chi connectivity index (χ3v) is 4.31. The third kappa shape index (κ3) is 4.07. The summed E-state index contributed by atoms with van der Waals surface area (Å²) in [5.74, 6) is 0.367. The minimum Gasteiger partial charge on any atom is -0.391 e. The smallest absolute Gasteiger partial charge is 0.224 e. The molecule has 1 amide bonds. The monoisotopic (exact) mass is 275 g/mol. The predicted octanol–water partition coefficient (Wildman–Crippen LogP) is 2.51. The second-order valence-electron chi connectivity index (χ2n) is 6.02. The molecule has 2 N–H and O–H groups in total. The van der Waals surface area contributed by atoms with E-state index in [-0.39, 0.29) is 12.0 Å². The molecule has 0 heterocycles. The average Bonchev–Trinajstić information content (AvgIpc) is 2.94. The van der Waals surface area contributed by atoms with Gasteiger partial charge in [-0.25, -0.2) is 0 Å². The van der Waals surface area contributed by atoms with Crippen LogP contribution in [-0.4, -0.2) is 23.7 Å². The molecule has 0 aliphatic heterocycles. The lowest BCUT2D eigenvalue weighted by Gasteiger charge is -2.18. The Balaban J connectivity index is 1.81. The van der Waals surface area contributed by atoms with Crippen LogP contribution in [0.1, 0.15) is 42.4 Å². The molecule has 1 unspecified atom stereocenters. The van der Waals surface area contributed by atoms with Crippen molar-refractivity contribution in [1.29, 1.82) is 0 Å². The zero-order chi connectivity index (χ0) is 14.5. The standard InChI is InChI=1S/C17H25NO2/c1-12-7-8-13(2)15(9-12)10-17(20)18-11-16(19)14-5-3-4-6-14/h7-9,14,16,19H,3-6,10-11H2,1-2H3,(H,18,20). The number of carbonyl (C=O) groups is 1. The fraction of sp³-hybridized carbons (Fsp3) is 0.588. The average molecular weight is 275 g/mol. The molecule has 0 bridgehead atoms. The van der Waals surface area contributed by atoms with Gasteiger partial charge in [-0.05, 0) is 43.7 Å². The maximum Gasteiger partial charge on any atom is 0.224 e. The van der Waals surface area contributed by atoms with E-state index in [0.29, 0.717) is 18.9 Å². The fourth-order valence-corrected chi connectivity index (χ4v) is 2.95. The molecule has 1 aromatic carbocycles. The van der Waals surface area contributed by atoms with Crippen molar-refractivity contribution in [2.75, 3.05) is 6.54 Å². The number of nitrogens with one attached hydrogen (secondary N) is 1. The molecule has 1 fully saturated rings. The quantitative estimate of drug-likeness (QED) is 0.867. The Morgan fingerprint density at radius 2 is 2.05 bits per heavy atom. The number of aryl methyl sites for hydroxylation is 2. The SMILES string of the molecule is Cc1ccc(C)c(CC(=O)NCC(O)C2CCCC2)c1. The molecule has 1 aliphatic carbocycles. The maximum atomic E-state index is 12.0. The molecule has 1 saturated carbocycles. The lowest BCUT2D eigenvalue weighted by atomic mass is 10.0. The molecular formula is C17H25NO2. The summed E-state index contributed by atoms with van der Waals surface area (Å²) < 4.78 is 0. The zero-order valence-electron chi connectivity index (χ0n) is 12.5. The molecule has 1 aromatic rings. The van der Waals surface area contributed by atoms with Gasteiger partial charge in [-0.3, -0.25) is 4.79 Å². The van der Waals surface area contributed by atoms with Crippen LogP contribution < -0.4 is 5.32 Å². The van der Waals surface area contributed by atoms with Crippen LogP contribution in [0.25, 0.3) is 0 Å². The van der Waals surface area contributed by atoms with Gasteiger partial charge in [0.2, 0.25) is 5.91 Å². The molecule has 1 atom stereocenters. The summed E-state index contributed by atoms with van der Waals surface area (Å²) in [5.41, 5.74) is 3.38. The van der Waals surface area contributed by atoms with Crippen molar-refractivity contribution in [2.45, 2.75) is 52.1 Å².